The number of benzene rings is 1. The molecule has 2 saturated heterocycles. The van der Waals surface area contributed by atoms with Crippen molar-refractivity contribution in [2.75, 3.05) is 39.9 Å². The number of nitrogens with one attached hydrogen (secondary N) is 1. The van der Waals surface area contributed by atoms with Gasteiger partial charge >= 0.3 is 0 Å². The average molecular weight is 396 g/mol. The Balaban J connectivity index is 1.48. The summed E-state index contributed by atoms with van der Waals surface area (Å²) in [6, 6.07) is 7.92. The molecule has 132 valence electrons. The number of halogens is 1. The van der Waals surface area contributed by atoms with Gasteiger partial charge in [-0.3, -0.25) is 4.99 Å². The number of guanidine groups is 1. The smallest absolute Gasteiger partial charge is 0.193 e. The highest BCUT2D eigenvalue weighted by Gasteiger charge is 2.42. The Morgan fingerprint density at radius 3 is 2.88 bits per heavy atom. The molecule has 2 aliphatic rings. The molecule has 2 heterocycles. The van der Waals surface area contributed by atoms with Crippen molar-refractivity contribution in [1.29, 1.82) is 0 Å². The minimum absolute atomic E-state index is 0.0642. The predicted molar refractivity (Wildman–Crippen MR) is 99.7 cm³/mol. The zero-order valence-electron chi connectivity index (χ0n) is 14.4. The lowest BCUT2D eigenvalue weighted by atomic mass is 9.87. The molecule has 2 fully saturated rings. The Morgan fingerprint density at radius 1 is 1.42 bits per heavy atom. The first-order valence-electron chi connectivity index (χ1n) is 8.56. The Morgan fingerprint density at radius 2 is 2.21 bits per heavy atom. The topological polar surface area (TPSA) is 46.1 Å². The van der Waals surface area contributed by atoms with Crippen LogP contribution in [0.1, 0.15) is 19.8 Å². The molecule has 1 aromatic rings. The van der Waals surface area contributed by atoms with Crippen LogP contribution in [0.4, 0.5) is 0 Å². The van der Waals surface area contributed by atoms with E-state index < -0.39 is 0 Å². The zero-order valence-corrected chi connectivity index (χ0v) is 16.0. The fraction of sp³-hybridized carbons (Fsp3) is 0.611. The van der Waals surface area contributed by atoms with Crippen LogP contribution in [0.25, 0.3) is 0 Å². The Bertz CT molecular complexity index is 570. The molecule has 6 heteroatoms. The van der Waals surface area contributed by atoms with E-state index in [1.165, 1.54) is 12.8 Å². The van der Waals surface area contributed by atoms with Gasteiger partial charge in [-0.15, -0.1) is 0 Å². The Labute approximate surface area is 152 Å². The summed E-state index contributed by atoms with van der Waals surface area (Å²) in [6.07, 6.45) is 2.43. The summed E-state index contributed by atoms with van der Waals surface area (Å²) in [4.78, 5) is 6.79. The van der Waals surface area contributed by atoms with Crippen molar-refractivity contribution < 1.29 is 9.47 Å². The molecule has 1 N–H and O–H groups in total. The van der Waals surface area contributed by atoms with E-state index in [1.54, 1.807) is 0 Å². The normalized spacial score (nSPS) is 25.3. The van der Waals surface area contributed by atoms with E-state index in [0.717, 1.165) is 49.0 Å². The van der Waals surface area contributed by atoms with Gasteiger partial charge in [-0.1, -0.05) is 15.9 Å². The van der Waals surface area contributed by atoms with Gasteiger partial charge < -0.3 is 19.7 Å². The predicted octanol–water partition coefficient (Wildman–Crippen LogP) is 2.90. The highest BCUT2D eigenvalue weighted by atomic mass is 79.9. The molecule has 2 aliphatic heterocycles. The third-order valence-electron chi connectivity index (χ3n) is 4.83. The first-order chi connectivity index (χ1) is 11.6. The lowest BCUT2D eigenvalue weighted by molar-refractivity contribution is 0.156. The van der Waals surface area contributed by atoms with Crippen LogP contribution in [0, 0.1) is 5.41 Å². The SMILES string of the molecule is CN=C(NCC(C)Oc1ccc(Br)cc1)N1CCC2(CCOC2)C1. The quantitative estimate of drug-likeness (QED) is 0.628. The summed E-state index contributed by atoms with van der Waals surface area (Å²) in [5.41, 5.74) is 0.344. The van der Waals surface area contributed by atoms with E-state index in [1.807, 2.05) is 31.3 Å². The minimum Gasteiger partial charge on any atom is -0.489 e. The van der Waals surface area contributed by atoms with Crippen LogP contribution >= 0.6 is 15.9 Å². The van der Waals surface area contributed by atoms with Crippen LogP contribution in [0.5, 0.6) is 5.75 Å². The number of nitrogens with zero attached hydrogens (tertiary/aromatic N) is 2. The van der Waals surface area contributed by atoms with Crippen molar-refractivity contribution in [2.24, 2.45) is 10.4 Å². The van der Waals surface area contributed by atoms with Crippen molar-refractivity contribution in [3.8, 4) is 5.75 Å². The van der Waals surface area contributed by atoms with E-state index in [-0.39, 0.29) is 6.10 Å². The number of likely N-dealkylation sites (tertiary alicyclic amines) is 1. The van der Waals surface area contributed by atoms with E-state index in [2.05, 4.69) is 38.1 Å². The molecule has 3 rings (SSSR count). The van der Waals surface area contributed by atoms with Crippen LogP contribution in [0.2, 0.25) is 0 Å². The highest BCUT2D eigenvalue weighted by Crippen LogP contribution is 2.38. The number of ether oxygens (including phenoxy) is 2. The van der Waals surface area contributed by atoms with Gasteiger partial charge in [-0.05, 0) is 44.0 Å². The summed E-state index contributed by atoms with van der Waals surface area (Å²) in [7, 11) is 1.85. The maximum absolute atomic E-state index is 5.94. The molecule has 1 aromatic carbocycles. The molecule has 0 aromatic heterocycles. The second-order valence-corrected chi connectivity index (χ2v) is 7.70. The van der Waals surface area contributed by atoms with Gasteiger partial charge in [0.15, 0.2) is 5.96 Å². The number of aliphatic imine (C=N–C) groups is 1. The van der Waals surface area contributed by atoms with Crippen molar-refractivity contribution in [1.82, 2.24) is 10.2 Å². The monoisotopic (exact) mass is 395 g/mol. The van der Waals surface area contributed by atoms with Crippen LogP contribution < -0.4 is 10.1 Å². The highest BCUT2D eigenvalue weighted by molar-refractivity contribution is 9.10. The zero-order chi connectivity index (χ0) is 17.0. The van der Waals surface area contributed by atoms with E-state index in [9.17, 15) is 0 Å². The van der Waals surface area contributed by atoms with Crippen LogP contribution in [0.3, 0.4) is 0 Å². The van der Waals surface area contributed by atoms with E-state index in [4.69, 9.17) is 9.47 Å². The molecule has 24 heavy (non-hydrogen) atoms. The summed E-state index contributed by atoms with van der Waals surface area (Å²) in [5, 5.41) is 3.45. The van der Waals surface area contributed by atoms with Gasteiger partial charge in [0, 0.05) is 36.6 Å². The molecule has 0 radical (unpaired) electrons. The van der Waals surface area contributed by atoms with Crippen LogP contribution in [-0.2, 0) is 4.74 Å². The van der Waals surface area contributed by atoms with Crippen molar-refractivity contribution in [3.63, 3.8) is 0 Å². The molecular formula is C18H26BrN3O2. The third kappa shape index (κ3) is 4.22. The molecule has 1 spiro atoms. The molecule has 0 bridgehead atoms. The molecule has 0 aliphatic carbocycles. The van der Waals surface area contributed by atoms with Crippen LogP contribution in [-0.4, -0.2) is 56.9 Å². The van der Waals surface area contributed by atoms with Crippen molar-refractivity contribution in [3.05, 3.63) is 28.7 Å². The summed E-state index contributed by atoms with van der Waals surface area (Å²) in [5.74, 6) is 1.84. The number of hydrogen-bond acceptors (Lipinski definition) is 3. The van der Waals surface area contributed by atoms with Crippen molar-refractivity contribution >= 4 is 21.9 Å². The van der Waals surface area contributed by atoms with Gasteiger partial charge in [0.25, 0.3) is 0 Å². The number of hydrogen-bond donors (Lipinski definition) is 1. The molecule has 5 nitrogen and oxygen atoms in total. The second kappa shape index (κ2) is 7.74. The fourth-order valence-corrected chi connectivity index (χ4v) is 3.71. The van der Waals surface area contributed by atoms with Gasteiger partial charge in [0.2, 0.25) is 0 Å². The first kappa shape index (κ1) is 17.5. The largest absolute Gasteiger partial charge is 0.489 e. The van der Waals surface area contributed by atoms with Gasteiger partial charge in [-0.25, -0.2) is 0 Å². The third-order valence-corrected chi connectivity index (χ3v) is 5.36. The minimum atomic E-state index is 0.0642. The van der Waals surface area contributed by atoms with E-state index in [0.29, 0.717) is 5.41 Å². The second-order valence-electron chi connectivity index (χ2n) is 6.78. The van der Waals surface area contributed by atoms with Gasteiger partial charge in [0.05, 0.1) is 13.2 Å². The molecule has 0 amide bonds. The lowest BCUT2D eigenvalue weighted by Gasteiger charge is -2.26. The van der Waals surface area contributed by atoms with Crippen molar-refractivity contribution in [2.45, 2.75) is 25.9 Å². The maximum Gasteiger partial charge on any atom is 0.193 e. The summed E-state index contributed by atoms with van der Waals surface area (Å²) < 4.78 is 12.6. The molecule has 2 unspecified atom stereocenters. The number of rotatable bonds is 4. The Kier molecular flexibility index (Phi) is 5.66. The van der Waals surface area contributed by atoms with Gasteiger partial charge in [0.1, 0.15) is 11.9 Å². The fourth-order valence-electron chi connectivity index (χ4n) is 3.44. The van der Waals surface area contributed by atoms with E-state index >= 15 is 0 Å². The van der Waals surface area contributed by atoms with Crippen LogP contribution in [0.15, 0.2) is 33.7 Å². The molecule has 0 saturated carbocycles. The Hall–Kier alpha value is -1.27. The standard InChI is InChI=1S/C18H26BrN3O2/c1-14(24-16-5-3-15(19)4-6-16)11-21-17(20-2)22-9-7-18(12-22)8-10-23-13-18/h3-6,14H,7-13H2,1-2H3,(H,20,21). The maximum atomic E-state index is 5.94. The molecular weight excluding hydrogens is 370 g/mol. The average Bonchev–Trinajstić information content (AvgIpc) is 3.21. The summed E-state index contributed by atoms with van der Waals surface area (Å²) >= 11 is 3.44. The molecule has 2 atom stereocenters. The van der Waals surface area contributed by atoms with Gasteiger partial charge in [-0.2, -0.15) is 0 Å². The first-order valence-corrected chi connectivity index (χ1v) is 9.35. The summed E-state index contributed by atoms with van der Waals surface area (Å²) in [6.45, 7) is 6.67. The lowest BCUT2D eigenvalue weighted by Crippen LogP contribution is -2.44.